The van der Waals surface area contributed by atoms with E-state index in [9.17, 15) is 9.18 Å². The summed E-state index contributed by atoms with van der Waals surface area (Å²) in [5.41, 5.74) is 1.03. The number of amides is 1. The fourth-order valence-electron chi connectivity index (χ4n) is 1.89. The van der Waals surface area contributed by atoms with Gasteiger partial charge >= 0.3 is 0 Å². The van der Waals surface area contributed by atoms with E-state index in [0.717, 1.165) is 17.8 Å². The average molecular weight is 379 g/mol. The molecule has 9 heteroatoms. The molecule has 1 aromatic carbocycles. The number of hydrogen-bond donors (Lipinski definition) is 1. The molecule has 0 radical (unpaired) electrons. The zero-order chi connectivity index (χ0) is 17.8. The predicted octanol–water partition coefficient (Wildman–Crippen LogP) is 4.04. The zero-order valence-corrected chi connectivity index (χ0v) is 14.5. The Morgan fingerprint density at radius 3 is 2.92 bits per heavy atom. The largest absolute Gasteiger partial charge is 0.411 e. The van der Waals surface area contributed by atoms with Gasteiger partial charge in [-0.1, -0.05) is 23.4 Å². The molecule has 0 saturated carbocycles. The first-order chi connectivity index (χ1) is 12.0. The van der Waals surface area contributed by atoms with Crippen LogP contribution in [-0.4, -0.2) is 26.3 Å². The van der Waals surface area contributed by atoms with Crippen molar-refractivity contribution in [2.45, 2.75) is 17.4 Å². The Bertz CT molecular complexity index is 891. The van der Waals surface area contributed by atoms with Crippen molar-refractivity contribution < 1.29 is 13.6 Å². The number of aromatic nitrogens is 3. The molecule has 2 aromatic heterocycles. The number of nitrogens with one attached hydrogen (secondary N) is 1. The molecule has 6 nitrogen and oxygen atoms in total. The van der Waals surface area contributed by atoms with Crippen LogP contribution in [0.4, 0.5) is 10.1 Å². The maximum Gasteiger partial charge on any atom is 0.277 e. The quantitative estimate of drug-likeness (QED) is 0.675. The standard InChI is InChI=1S/C16H12ClFN4O2S/c1-9(14(23)20-13-5-4-11(18)7-12(13)17)25-16-22-21-15(24-16)10-3-2-6-19-8-10/h2-9H,1H3,(H,20,23)/t9-/m1/s1. The number of anilines is 1. The van der Waals surface area contributed by atoms with Gasteiger partial charge in [-0.15, -0.1) is 10.2 Å². The molecule has 0 unspecified atom stereocenters. The Kier molecular flexibility index (Phi) is 5.30. The summed E-state index contributed by atoms with van der Waals surface area (Å²) in [6.45, 7) is 1.69. The van der Waals surface area contributed by atoms with Gasteiger partial charge in [0.15, 0.2) is 0 Å². The summed E-state index contributed by atoms with van der Waals surface area (Å²) in [6, 6.07) is 7.31. The van der Waals surface area contributed by atoms with Crippen molar-refractivity contribution in [1.29, 1.82) is 0 Å². The molecule has 1 amide bonds. The number of carbonyl (C=O) groups is 1. The molecule has 2 heterocycles. The van der Waals surface area contributed by atoms with Crippen LogP contribution in [0.15, 0.2) is 52.4 Å². The van der Waals surface area contributed by atoms with Gasteiger partial charge in [-0.3, -0.25) is 9.78 Å². The topological polar surface area (TPSA) is 80.9 Å². The first kappa shape index (κ1) is 17.4. The maximum atomic E-state index is 13.0. The van der Waals surface area contributed by atoms with E-state index in [2.05, 4.69) is 20.5 Å². The first-order valence-corrected chi connectivity index (χ1v) is 8.45. The van der Waals surface area contributed by atoms with E-state index in [-0.39, 0.29) is 16.2 Å². The van der Waals surface area contributed by atoms with Gasteiger partial charge in [-0.25, -0.2) is 4.39 Å². The highest BCUT2D eigenvalue weighted by Gasteiger charge is 2.19. The second-order valence-electron chi connectivity index (χ2n) is 4.99. The lowest BCUT2D eigenvalue weighted by molar-refractivity contribution is -0.115. The summed E-state index contributed by atoms with van der Waals surface area (Å²) in [6.07, 6.45) is 3.25. The van der Waals surface area contributed by atoms with Crippen molar-refractivity contribution in [3.63, 3.8) is 0 Å². The normalized spacial score (nSPS) is 12.0. The SMILES string of the molecule is C[C@@H](Sc1nnc(-c2cccnc2)o1)C(=O)Nc1ccc(F)cc1Cl. The molecule has 3 rings (SSSR count). The molecule has 0 bridgehead atoms. The Morgan fingerprint density at radius 2 is 2.20 bits per heavy atom. The lowest BCUT2D eigenvalue weighted by Crippen LogP contribution is -2.22. The number of rotatable bonds is 5. The van der Waals surface area contributed by atoms with Crippen molar-refractivity contribution in [2.24, 2.45) is 0 Å². The third-order valence-electron chi connectivity index (χ3n) is 3.15. The molecule has 1 N–H and O–H groups in total. The van der Waals surface area contributed by atoms with Gasteiger partial charge < -0.3 is 9.73 Å². The molecule has 0 spiro atoms. The molecule has 3 aromatic rings. The summed E-state index contributed by atoms with van der Waals surface area (Å²) in [5, 5.41) is 10.3. The Hall–Kier alpha value is -2.45. The predicted molar refractivity (Wildman–Crippen MR) is 92.9 cm³/mol. The van der Waals surface area contributed by atoms with Crippen molar-refractivity contribution in [3.8, 4) is 11.5 Å². The summed E-state index contributed by atoms with van der Waals surface area (Å²) >= 11 is 7.01. The summed E-state index contributed by atoms with van der Waals surface area (Å²) in [5.74, 6) is -0.469. The number of nitrogens with zero attached hydrogens (tertiary/aromatic N) is 3. The first-order valence-electron chi connectivity index (χ1n) is 7.19. The second kappa shape index (κ2) is 7.62. The van der Waals surface area contributed by atoms with Crippen LogP contribution < -0.4 is 5.32 Å². The highest BCUT2D eigenvalue weighted by molar-refractivity contribution is 8.00. The van der Waals surface area contributed by atoms with Gasteiger partial charge in [0.25, 0.3) is 5.22 Å². The minimum absolute atomic E-state index is 0.127. The molecule has 0 aliphatic carbocycles. The summed E-state index contributed by atoms with van der Waals surface area (Å²) in [7, 11) is 0. The van der Waals surface area contributed by atoms with Gasteiger partial charge in [0, 0.05) is 12.4 Å². The van der Waals surface area contributed by atoms with Crippen LogP contribution >= 0.6 is 23.4 Å². The summed E-state index contributed by atoms with van der Waals surface area (Å²) < 4.78 is 18.6. The third kappa shape index (κ3) is 4.34. The van der Waals surface area contributed by atoms with Crippen molar-refractivity contribution in [3.05, 3.63) is 53.6 Å². The fourth-order valence-corrected chi connectivity index (χ4v) is 2.79. The Labute approximate surface area is 151 Å². The number of carbonyl (C=O) groups excluding carboxylic acids is 1. The number of benzene rings is 1. The van der Waals surface area contributed by atoms with E-state index < -0.39 is 11.1 Å². The molecule has 0 aliphatic rings. The van der Waals surface area contributed by atoms with Crippen LogP contribution in [0.3, 0.4) is 0 Å². The smallest absolute Gasteiger partial charge is 0.277 e. The van der Waals surface area contributed by atoms with Crippen LogP contribution in [0, 0.1) is 5.82 Å². The minimum Gasteiger partial charge on any atom is -0.411 e. The molecule has 0 fully saturated rings. The lowest BCUT2D eigenvalue weighted by atomic mass is 10.3. The van der Waals surface area contributed by atoms with Crippen molar-refractivity contribution in [1.82, 2.24) is 15.2 Å². The van der Waals surface area contributed by atoms with E-state index >= 15 is 0 Å². The maximum absolute atomic E-state index is 13.0. The van der Waals surface area contributed by atoms with E-state index in [1.807, 2.05) is 0 Å². The van der Waals surface area contributed by atoms with Gasteiger partial charge in [0.05, 0.1) is 21.5 Å². The number of thioether (sulfide) groups is 1. The van der Waals surface area contributed by atoms with Gasteiger partial charge in [0.1, 0.15) is 5.82 Å². The van der Waals surface area contributed by atoms with Crippen LogP contribution in [-0.2, 0) is 4.79 Å². The number of hydrogen-bond acceptors (Lipinski definition) is 6. The number of pyridine rings is 1. The van der Waals surface area contributed by atoms with E-state index in [1.165, 1.54) is 12.1 Å². The number of halogens is 2. The van der Waals surface area contributed by atoms with Gasteiger partial charge in [-0.2, -0.15) is 0 Å². The Balaban J connectivity index is 1.65. The zero-order valence-electron chi connectivity index (χ0n) is 12.9. The monoisotopic (exact) mass is 378 g/mol. The van der Waals surface area contributed by atoms with Gasteiger partial charge in [-0.05, 0) is 37.3 Å². The van der Waals surface area contributed by atoms with Crippen molar-refractivity contribution in [2.75, 3.05) is 5.32 Å². The minimum atomic E-state index is -0.525. The molecule has 25 heavy (non-hydrogen) atoms. The highest BCUT2D eigenvalue weighted by Crippen LogP contribution is 2.28. The van der Waals surface area contributed by atoms with Crippen molar-refractivity contribution >= 4 is 35.0 Å². The van der Waals surface area contributed by atoms with E-state index in [4.69, 9.17) is 16.0 Å². The molecule has 0 aliphatic heterocycles. The van der Waals surface area contributed by atoms with E-state index in [1.54, 1.807) is 31.5 Å². The third-order valence-corrected chi connectivity index (χ3v) is 4.40. The molecular weight excluding hydrogens is 367 g/mol. The molecular formula is C16H12ClFN4O2S. The summed E-state index contributed by atoms with van der Waals surface area (Å²) in [4.78, 5) is 16.2. The van der Waals surface area contributed by atoms with E-state index in [0.29, 0.717) is 17.1 Å². The van der Waals surface area contributed by atoms with Crippen LogP contribution in [0.2, 0.25) is 5.02 Å². The fraction of sp³-hybridized carbons (Fsp3) is 0.125. The van der Waals surface area contributed by atoms with Gasteiger partial charge in [0.2, 0.25) is 11.8 Å². The molecule has 128 valence electrons. The van der Waals surface area contributed by atoms with Crippen LogP contribution in [0.5, 0.6) is 0 Å². The Morgan fingerprint density at radius 1 is 1.36 bits per heavy atom. The van der Waals surface area contributed by atoms with Crippen LogP contribution in [0.25, 0.3) is 11.5 Å². The lowest BCUT2D eigenvalue weighted by Gasteiger charge is -2.11. The second-order valence-corrected chi connectivity index (χ2v) is 6.69. The molecule has 1 atom stereocenters. The van der Waals surface area contributed by atoms with Crippen LogP contribution in [0.1, 0.15) is 6.92 Å². The average Bonchev–Trinajstić information content (AvgIpc) is 3.06. The molecule has 0 saturated heterocycles. The highest BCUT2D eigenvalue weighted by atomic mass is 35.5.